The van der Waals surface area contributed by atoms with Gasteiger partial charge < -0.3 is 5.73 Å². The first kappa shape index (κ1) is 8.61. The smallest absolute Gasteiger partial charge is 0.332 e. The Labute approximate surface area is 58.3 Å². The summed E-state index contributed by atoms with van der Waals surface area (Å²) in [6, 6.07) is -0.771. The second-order valence-electron chi connectivity index (χ2n) is 1.55. The fraction of sp³-hybridized carbons (Fsp3) is 0.400. The predicted octanol–water partition coefficient (Wildman–Crippen LogP) is -0.380. The van der Waals surface area contributed by atoms with Crippen molar-refractivity contribution in [1.29, 1.82) is 0 Å². The minimum absolute atomic E-state index is 0.263. The van der Waals surface area contributed by atoms with Crippen molar-refractivity contribution in [2.24, 2.45) is 10.8 Å². The average Bonchev–Trinajstić information content (AvgIpc) is 1.90. The van der Waals surface area contributed by atoms with Crippen LogP contribution >= 0.6 is 0 Å². The highest BCUT2D eigenvalue weighted by atomic mass is 16.2. The zero-order valence-electron chi connectivity index (χ0n) is 5.63. The lowest BCUT2D eigenvalue weighted by molar-refractivity contribution is -0.102. The molecular weight excluding hydrogens is 134 g/mol. The van der Waals surface area contributed by atoms with Gasteiger partial charge in [0.1, 0.15) is 5.71 Å². The Hall–Kier alpha value is -1.39. The molecule has 10 heavy (non-hydrogen) atoms. The molecule has 0 unspecified atom stereocenters. The molecule has 0 saturated heterocycles. The molecule has 0 aliphatic heterocycles. The third-order valence-corrected chi connectivity index (χ3v) is 0.808. The SMILES string of the molecule is CC/C(C=O)=N\NC(N)=O. The molecular formula is C5H9N3O2. The molecule has 0 aliphatic carbocycles. The number of hydrogen-bond acceptors (Lipinski definition) is 3. The van der Waals surface area contributed by atoms with Crippen LogP contribution in [0.5, 0.6) is 0 Å². The summed E-state index contributed by atoms with van der Waals surface area (Å²) in [4.78, 5) is 20.0. The summed E-state index contributed by atoms with van der Waals surface area (Å²) in [6.07, 6.45) is 1.04. The molecule has 56 valence electrons. The maximum Gasteiger partial charge on any atom is 0.332 e. The first-order valence-electron chi connectivity index (χ1n) is 2.78. The van der Waals surface area contributed by atoms with Crippen molar-refractivity contribution in [2.75, 3.05) is 0 Å². The van der Waals surface area contributed by atoms with Crippen molar-refractivity contribution in [3.05, 3.63) is 0 Å². The normalized spacial score (nSPS) is 10.7. The molecule has 5 nitrogen and oxygen atoms in total. The summed E-state index contributed by atoms with van der Waals surface area (Å²) >= 11 is 0. The van der Waals surface area contributed by atoms with E-state index in [2.05, 4.69) is 10.8 Å². The van der Waals surface area contributed by atoms with Gasteiger partial charge in [-0.25, -0.2) is 10.2 Å². The molecule has 0 aromatic rings. The maximum atomic E-state index is 10.0. The Balaban J connectivity index is 3.86. The number of rotatable bonds is 3. The van der Waals surface area contributed by atoms with E-state index in [1.54, 1.807) is 6.92 Å². The summed E-state index contributed by atoms with van der Waals surface area (Å²) in [6.45, 7) is 1.75. The lowest BCUT2D eigenvalue weighted by atomic mass is 10.3. The van der Waals surface area contributed by atoms with Crippen molar-refractivity contribution >= 4 is 18.0 Å². The van der Waals surface area contributed by atoms with E-state index in [1.807, 2.05) is 5.43 Å². The number of nitrogens with two attached hydrogens (primary N) is 1. The van der Waals surface area contributed by atoms with Crippen molar-refractivity contribution < 1.29 is 9.59 Å². The Bertz CT molecular complexity index is 164. The van der Waals surface area contributed by atoms with E-state index in [-0.39, 0.29) is 5.71 Å². The minimum Gasteiger partial charge on any atom is -0.350 e. The van der Waals surface area contributed by atoms with E-state index in [1.165, 1.54) is 0 Å². The van der Waals surface area contributed by atoms with E-state index in [4.69, 9.17) is 0 Å². The third-order valence-electron chi connectivity index (χ3n) is 0.808. The molecule has 3 N–H and O–H groups in total. The largest absolute Gasteiger partial charge is 0.350 e. The zero-order chi connectivity index (χ0) is 7.98. The number of hydrogen-bond donors (Lipinski definition) is 2. The Morgan fingerprint density at radius 2 is 2.40 bits per heavy atom. The summed E-state index contributed by atoms with van der Waals surface area (Å²) in [5, 5.41) is 3.38. The van der Waals surface area contributed by atoms with E-state index in [9.17, 15) is 9.59 Å². The van der Waals surface area contributed by atoms with Crippen LogP contribution in [-0.2, 0) is 4.79 Å². The van der Waals surface area contributed by atoms with Gasteiger partial charge in [-0.3, -0.25) is 4.79 Å². The molecule has 0 spiro atoms. The summed E-state index contributed by atoms with van der Waals surface area (Å²) in [5.74, 6) is 0. The first-order chi connectivity index (χ1) is 4.70. The van der Waals surface area contributed by atoms with Crippen molar-refractivity contribution in [3.63, 3.8) is 0 Å². The third kappa shape index (κ3) is 3.59. The van der Waals surface area contributed by atoms with E-state index >= 15 is 0 Å². The van der Waals surface area contributed by atoms with Crippen LogP contribution in [-0.4, -0.2) is 18.0 Å². The summed E-state index contributed by atoms with van der Waals surface area (Å²) < 4.78 is 0. The highest BCUT2D eigenvalue weighted by Gasteiger charge is 1.92. The number of urea groups is 1. The zero-order valence-corrected chi connectivity index (χ0v) is 5.63. The van der Waals surface area contributed by atoms with Crippen LogP contribution in [0.3, 0.4) is 0 Å². The molecule has 0 saturated carbocycles. The number of carbonyl (C=O) groups excluding carboxylic acids is 2. The van der Waals surface area contributed by atoms with Crippen LogP contribution in [0.1, 0.15) is 13.3 Å². The maximum absolute atomic E-state index is 10.0. The van der Waals surface area contributed by atoms with Gasteiger partial charge in [0, 0.05) is 0 Å². The quantitative estimate of drug-likeness (QED) is 0.320. The summed E-state index contributed by atoms with van der Waals surface area (Å²) in [7, 11) is 0. The molecule has 0 rings (SSSR count). The van der Waals surface area contributed by atoms with Gasteiger partial charge in [-0.15, -0.1) is 0 Å². The van der Waals surface area contributed by atoms with Gasteiger partial charge >= 0.3 is 6.03 Å². The second kappa shape index (κ2) is 4.49. The molecule has 2 amide bonds. The highest BCUT2D eigenvalue weighted by Crippen LogP contribution is 1.77. The number of nitrogens with one attached hydrogen (secondary N) is 1. The van der Waals surface area contributed by atoms with Crippen LogP contribution in [0.25, 0.3) is 0 Å². The van der Waals surface area contributed by atoms with Crippen LogP contribution in [0.15, 0.2) is 5.10 Å². The Morgan fingerprint density at radius 3 is 2.70 bits per heavy atom. The summed E-state index contributed by atoms with van der Waals surface area (Å²) in [5.41, 5.74) is 6.88. The fourth-order valence-electron chi connectivity index (χ4n) is 0.316. The van der Waals surface area contributed by atoms with Crippen molar-refractivity contribution in [1.82, 2.24) is 5.43 Å². The standard InChI is InChI=1S/C5H9N3O2/c1-2-4(3-9)7-8-5(6)10/h3H,2H2,1H3,(H3,6,8,10)/b7-4+. The lowest BCUT2D eigenvalue weighted by Crippen LogP contribution is -2.25. The van der Waals surface area contributed by atoms with Crippen LogP contribution < -0.4 is 11.2 Å². The minimum atomic E-state index is -0.771. The molecule has 0 bridgehead atoms. The van der Waals surface area contributed by atoms with E-state index in [0.717, 1.165) is 0 Å². The molecule has 0 fully saturated rings. The van der Waals surface area contributed by atoms with Crippen molar-refractivity contribution in [2.45, 2.75) is 13.3 Å². The van der Waals surface area contributed by atoms with Gasteiger partial charge in [0.25, 0.3) is 0 Å². The molecule has 0 radical (unpaired) electrons. The first-order valence-corrected chi connectivity index (χ1v) is 2.78. The van der Waals surface area contributed by atoms with Gasteiger partial charge in [-0.1, -0.05) is 6.92 Å². The molecule has 5 heteroatoms. The van der Waals surface area contributed by atoms with Crippen LogP contribution in [0, 0.1) is 0 Å². The highest BCUT2D eigenvalue weighted by molar-refractivity contribution is 6.28. The molecule has 0 aliphatic rings. The number of primary amides is 1. The number of amides is 2. The Kier molecular flexibility index (Phi) is 3.86. The predicted molar refractivity (Wildman–Crippen MR) is 36.5 cm³/mol. The van der Waals surface area contributed by atoms with Gasteiger partial charge in [0.05, 0.1) is 0 Å². The lowest BCUT2D eigenvalue weighted by Gasteiger charge is -1.92. The van der Waals surface area contributed by atoms with E-state index in [0.29, 0.717) is 12.7 Å². The number of nitrogens with zero attached hydrogens (tertiary/aromatic N) is 1. The number of aldehydes is 1. The Morgan fingerprint density at radius 1 is 1.80 bits per heavy atom. The topological polar surface area (TPSA) is 84.6 Å². The van der Waals surface area contributed by atoms with Gasteiger partial charge in [0.15, 0.2) is 6.29 Å². The van der Waals surface area contributed by atoms with Crippen LogP contribution in [0.2, 0.25) is 0 Å². The molecule has 0 aromatic carbocycles. The van der Waals surface area contributed by atoms with Crippen LogP contribution in [0.4, 0.5) is 4.79 Å². The average molecular weight is 143 g/mol. The number of carbonyl (C=O) groups is 2. The van der Waals surface area contributed by atoms with E-state index < -0.39 is 6.03 Å². The van der Waals surface area contributed by atoms with Gasteiger partial charge in [-0.2, -0.15) is 5.10 Å². The van der Waals surface area contributed by atoms with Gasteiger partial charge in [0.2, 0.25) is 0 Å². The second-order valence-corrected chi connectivity index (χ2v) is 1.55. The molecule has 0 aromatic heterocycles. The van der Waals surface area contributed by atoms with Crippen molar-refractivity contribution in [3.8, 4) is 0 Å². The molecule has 0 atom stereocenters. The molecule has 0 heterocycles. The van der Waals surface area contributed by atoms with Gasteiger partial charge in [-0.05, 0) is 6.42 Å². The fourth-order valence-corrected chi connectivity index (χ4v) is 0.316. The monoisotopic (exact) mass is 143 g/mol. The number of hydrazone groups is 1.